The maximum atomic E-state index is 13.3. The first-order valence-corrected chi connectivity index (χ1v) is 7.58. The van der Waals surface area contributed by atoms with Crippen molar-refractivity contribution in [2.75, 3.05) is 5.73 Å². The van der Waals surface area contributed by atoms with Gasteiger partial charge in [0.05, 0.1) is 0 Å². The average molecular weight is 332 g/mol. The summed E-state index contributed by atoms with van der Waals surface area (Å²) in [6.07, 6.45) is 1.55. The molecule has 2 heterocycles. The SMILES string of the molecule is Nc1ccnc(-n2nc(-c3ccccc3)nc2-c2ccc(F)cc2)n1. The predicted octanol–water partition coefficient (Wildman–Crippen LogP) is 3.11. The Labute approximate surface area is 142 Å². The molecule has 2 aromatic carbocycles. The van der Waals surface area contributed by atoms with E-state index in [1.807, 2.05) is 30.3 Å². The van der Waals surface area contributed by atoms with E-state index in [1.54, 1.807) is 24.4 Å². The van der Waals surface area contributed by atoms with E-state index in [4.69, 9.17) is 5.73 Å². The van der Waals surface area contributed by atoms with Crippen LogP contribution in [0.5, 0.6) is 0 Å². The summed E-state index contributed by atoms with van der Waals surface area (Å²) >= 11 is 0. The molecule has 25 heavy (non-hydrogen) atoms. The highest BCUT2D eigenvalue weighted by Gasteiger charge is 2.16. The minimum atomic E-state index is -0.321. The summed E-state index contributed by atoms with van der Waals surface area (Å²) in [5.74, 6) is 1.33. The van der Waals surface area contributed by atoms with Gasteiger partial charge >= 0.3 is 0 Å². The molecule has 0 aliphatic carbocycles. The van der Waals surface area contributed by atoms with Gasteiger partial charge in [0, 0.05) is 17.3 Å². The lowest BCUT2D eigenvalue weighted by atomic mass is 10.2. The van der Waals surface area contributed by atoms with Crippen LogP contribution in [0.4, 0.5) is 10.2 Å². The Kier molecular flexibility index (Phi) is 3.66. The number of hydrogen-bond donors (Lipinski definition) is 1. The van der Waals surface area contributed by atoms with Crippen LogP contribution in [-0.2, 0) is 0 Å². The highest BCUT2D eigenvalue weighted by molar-refractivity contribution is 5.63. The van der Waals surface area contributed by atoms with E-state index in [1.165, 1.54) is 16.8 Å². The average Bonchev–Trinajstić information content (AvgIpc) is 3.08. The summed E-state index contributed by atoms with van der Waals surface area (Å²) in [5.41, 5.74) is 7.31. The van der Waals surface area contributed by atoms with Crippen molar-refractivity contribution < 1.29 is 4.39 Å². The molecule has 0 fully saturated rings. The number of benzene rings is 2. The lowest BCUT2D eigenvalue weighted by molar-refractivity contribution is 0.628. The van der Waals surface area contributed by atoms with Crippen LogP contribution < -0.4 is 5.73 Å². The quantitative estimate of drug-likeness (QED) is 0.623. The monoisotopic (exact) mass is 332 g/mol. The summed E-state index contributed by atoms with van der Waals surface area (Å²) in [6, 6.07) is 17.2. The fourth-order valence-corrected chi connectivity index (χ4v) is 2.41. The van der Waals surface area contributed by atoms with E-state index >= 15 is 0 Å². The number of nitrogen functional groups attached to an aromatic ring is 1. The molecule has 0 radical (unpaired) electrons. The second kappa shape index (κ2) is 6.12. The third-order valence-corrected chi connectivity index (χ3v) is 3.60. The van der Waals surface area contributed by atoms with Crippen molar-refractivity contribution in [3.63, 3.8) is 0 Å². The van der Waals surface area contributed by atoms with Crippen molar-refractivity contribution in [2.45, 2.75) is 0 Å². The van der Waals surface area contributed by atoms with Gasteiger partial charge in [0.1, 0.15) is 11.6 Å². The van der Waals surface area contributed by atoms with Gasteiger partial charge in [0.2, 0.25) is 0 Å². The Hall–Kier alpha value is -3.61. The molecule has 0 unspecified atom stereocenters. The molecule has 4 aromatic rings. The van der Waals surface area contributed by atoms with Crippen LogP contribution in [0.25, 0.3) is 28.7 Å². The van der Waals surface area contributed by atoms with Crippen LogP contribution in [0.15, 0.2) is 66.9 Å². The van der Waals surface area contributed by atoms with Gasteiger partial charge in [0.15, 0.2) is 11.6 Å². The van der Waals surface area contributed by atoms with E-state index < -0.39 is 0 Å². The number of hydrogen-bond acceptors (Lipinski definition) is 5. The summed E-state index contributed by atoms with van der Waals surface area (Å²) < 4.78 is 14.8. The van der Waals surface area contributed by atoms with Gasteiger partial charge in [-0.2, -0.15) is 9.67 Å². The number of nitrogens with zero attached hydrogens (tertiary/aromatic N) is 5. The Bertz CT molecular complexity index is 1010. The summed E-state index contributed by atoms with van der Waals surface area (Å²) in [6.45, 7) is 0. The molecule has 0 spiro atoms. The molecule has 4 rings (SSSR count). The fraction of sp³-hybridized carbons (Fsp3) is 0. The Morgan fingerprint density at radius 3 is 2.32 bits per heavy atom. The van der Waals surface area contributed by atoms with Crippen molar-refractivity contribution in [1.82, 2.24) is 24.7 Å². The number of rotatable bonds is 3. The van der Waals surface area contributed by atoms with Gasteiger partial charge in [-0.3, -0.25) is 0 Å². The first kappa shape index (κ1) is 14.9. The smallest absolute Gasteiger partial charge is 0.254 e. The standard InChI is InChI=1S/C18H13FN6/c19-14-8-6-13(7-9-14)17-23-16(12-4-2-1-3-5-12)24-25(17)18-21-11-10-15(20)22-18/h1-11H,(H2,20,21,22). The van der Waals surface area contributed by atoms with Crippen LogP contribution in [0.3, 0.4) is 0 Å². The normalized spacial score (nSPS) is 10.8. The van der Waals surface area contributed by atoms with Crippen molar-refractivity contribution >= 4 is 5.82 Å². The van der Waals surface area contributed by atoms with Gasteiger partial charge < -0.3 is 5.73 Å². The van der Waals surface area contributed by atoms with Crippen molar-refractivity contribution in [3.05, 3.63) is 72.7 Å². The topological polar surface area (TPSA) is 82.5 Å². The molecule has 0 bridgehead atoms. The Balaban J connectivity index is 1.91. The highest BCUT2D eigenvalue weighted by atomic mass is 19.1. The molecule has 0 aliphatic rings. The van der Waals surface area contributed by atoms with Crippen LogP contribution in [-0.4, -0.2) is 24.7 Å². The molecule has 122 valence electrons. The lowest BCUT2D eigenvalue weighted by Crippen LogP contribution is -2.06. The number of halogens is 1. The minimum Gasteiger partial charge on any atom is -0.384 e. The third kappa shape index (κ3) is 2.94. The molecule has 0 amide bonds. The zero-order valence-corrected chi connectivity index (χ0v) is 13.0. The largest absolute Gasteiger partial charge is 0.384 e. The lowest BCUT2D eigenvalue weighted by Gasteiger charge is -2.04. The molecule has 6 nitrogen and oxygen atoms in total. The molecule has 0 saturated heterocycles. The van der Waals surface area contributed by atoms with E-state index in [2.05, 4.69) is 20.1 Å². The molecule has 2 aromatic heterocycles. The molecule has 0 aliphatic heterocycles. The molecular formula is C18H13FN6. The number of anilines is 1. The van der Waals surface area contributed by atoms with Crippen LogP contribution in [0.2, 0.25) is 0 Å². The predicted molar refractivity (Wildman–Crippen MR) is 92.2 cm³/mol. The maximum absolute atomic E-state index is 13.3. The van der Waals surface area contributed by atoms with Gasteiger partial charge in [-0.1, -0.05) is 30.3 Å². The Morgan fingerprint density at radius 1 is 0.840 bits per heavy atom. The summed E-state index contributed by atoms with van der Waals surface area (Å²) in [5, 5.41) is 4.52. The third-order valence-electron chi connectivity index (χ3n) is 3.60. The van der Waals surface area contributed by atoms with E-state index in [9.17, 15) is 4.39 Å². The van der Waals surface area contributed by atoms with Crippen LogP contribution >= 0.6 is 0 Å². The van der Waals surface area contributed by atoms with Gasteiger partial charge in [-0.15, -0.1) is 5.10 Å². The first-order valence-electron chi connectivity index (χ1n) is 7.58. The molecule has 0 saturated carbocycles. The molecule has 0 atom stereocenters. The molecule has 2 N–H and O–H groups in total. The second-order valence-corrected chi connectivity index (χ2v) is 5.33. The highest BCUT2D eigenvalue weighted by Crippen LogP contribution is 2.24. The number of aromatic nitrogens is 5. The number of nitrogens with two attached hydrogens (primary N) is 1. The van der Waals surface area contributed by atoms with E-state index in [0.717, 1.165) is 5.56 Å². The van der Waals surface area contributed by atoms with Gasteiger partial charge in [-0.25, -0.2) is 14.4 Å². The van der Waals surface area contributed by atoms with Crippen LogP contribution in [0.1, 0.15) is 0 Å². The Morgan fingerprint density at radius 2 is 1.60 bits per heavy atom. The fourth-order valence-electron chi connectivity index (χ4n) is 2.41. The van der Waals surface area contributed by atoms with Gasteiger partial charge in [0.25, 0.3) is 5.95 Å². The molecule has 7 heteroatoms. The molecular weight excluding hydrogens is 319 g/mol. The summed E-state index contributed by atoms with van der Waals surface area (Å²) in [7, 11) is 0. The van der Waals surface area contributed by atoms with E-state index in [0.29, 0.717) is 29.0 Å². The van der Waals surface area contributed by atoms with Crippen molar-refractivity contribution in [1.29, 1.82) is 0 Å². The van der Waals surface area contributed by atoms with Crippen molar-refractivity contribution in [3.8, 4) is 28.7 Å². The minimum absolute atomic E-state index is 0.300. The summed E-state index contributed by atoms with van der Waals surface area (Å²) in [4.78, 5) is 13.0. The maximum Gasteiger partial charge on any atom is 0.254 e. The first-order chi connectivity index (χ1) is 12.2. The zero-order chi connectivity index (χ0) is 17.2. The van der Waals surface area contributed by atoms with E-state index in [-0.39, 0.29) is 5.82 Å². The zero-order valence-electron chi connectivity index (χ0n) is 13.0. The van der Waals surface area contributed by atoms with Crippen molar-refractivity contribution in [2.24, 2.45) is 0 Å². The van der Waals surface area contributed by atoms with Gasteiger partial charge in [-0.05, 0) is 30.3 Å². The van der Waals surface area contributed by atoms with Crippen LogP contribution in [0, 0.1) is 5.82 Å². The second-order valence-electron chi connectivity index (χ2n) is 5.33.